The molecule has 0 aliphatic rings. The van der Waals surface area contributed by atoms with E-state index in [1.165, 1.54) is 5.56 Å². The molecule has 0 unspecified atom stereocenters. The number of nitrogens with zero attached hydrogens (tertiary/aromatic N) is 2. The van der Waals surface area contributed by atoms with Crippen molar-refractivity contribution in [2.75, 3.05) is 38.6 Å². The topological polar surface area (TPSA) is 37.4 Å². The van der Waals surface area contributed by atoms with E-state index in [1.54, 1.807) is 7.11 Å². The lowest BCUT2D eigenvalue weighted by Crippen LogP contribution is -2.28. The third-order valence-electron chi connectivity index (χ3n) is 3.91. The van der Waals surface area contributed by atoms with Gasteiger partial charge in [-0.05, 0) is 37.7 Å². The van der Waals surface area contributed by atoms with Crippen LogP contribution in [0.15, 0.2) is 24.4 Å². The van der Waals surface area contributed by atoms with Crippen LogP contribution in [0.25, 0.3) is 10.9 Å². The molecule has 1 aromatic carbocycles. The number of aromatic nitrogens is 1. The highest BCUT2D eigenvalue weighted by atomic mass is 35.5. The highest BCUT2D eigenvalue weighted by Gasteiger charge is 2.08. The number of fused-ring (bicyclic) bond motifs is 1. The molecule has 1 aromatic heterocycles. The lowest BCUT2D eigenvalue weighted by Gasteiger charge is -2.19. The number of rotatable bonds is 7. The molecule has 2 aromatic rings. The standard InChI is InChI=1S/C17H25N3O.ClH/c1-5-20(6-2)10-9-18-16-12-14(21-4)11-15-13(3)7-8-19-17(15)16;/h7-8,11-12,18H,5-6,9-10H2,1-4H3;1H. The minimum absolute atomic E-state index is 0. The van der Waals surface area contributed by atoms with E-state index in [0.29, 0.717) is 0 Å². The Labute approximate surface area is 139 Å². The fourth-order valence-electron chi connectivity index (χ4n) is 2.50. The van der Waals surface area contributed by atoms with Gasteiger partial charge in [-0.2, -0.15) is 0 Å². The molecule has 0 aliphatic carbocycles. The van der Waals surface area contributed by atoms with Crippen LogP contribution in [0.5, 0.6) is 5.75 Å². The molecule has 0 saturated carbocycles. The van der Waals surface area contributed by atoms with E-state index in [9.17, 15) is 0 Å². The number of methoxy groups -OCH3 is 1. The molecule has 0 atom stereocenters. The Kier molecular flexibility index (Phi) is 7.42. The lowest BCUT2D eigenvalue weighted by atomic mass is 10.1. The smallest absolute Gasteiger partial charge is 0.121 e. The first kappa shape index (κ1) is 18.5. The van der Waals surface area contributed by atoms with Crippen LogP contribution in [-0.2, 0) is 0 Å². The maximum Gasteiger partial charge on any atom is 0.121 e. The number of aryl methyl sites for hydroxylation is 1. The van der Waals surface area contributed by atoms with Gasteiger partial charge in [-0.1, -0.05) is 13.8 Å². The Morgan fingerprint density at radius 2 is 1.95 bits per heavy atom. The van der Waals surface area contributed by atoms with Gasteiger partial charge >= 0.3 is 0 Å². The van der Waals surface area contributed by atoms with Crippen LogP contribution in [-0.4, -0.2) is 43.2 Å². The zero-order valence-corrected chi connectivity index (χ0v) is 14.7. The van der Waals surface area contributed by atoms with Crippen molar-refractivity contribution in [1.29, 1.82) is 0 Å². The van der Waals surface area contributed by atoms with Gasteiger partial charge in [0.2, 0.25) is 0 Å². The van der Waals surface area contributed by atoms with Crippen LogP contribution in [0.4, 0.5) is 5.69 Å². The van der Waals surface area contributed by atoms with Gasteiger partial charge in [0.25, 0.3) is 0 Å². The normalized spacial score (nSPS) is 10.6. The summed E-state index contributed by atoms with van der Waals surface area (Å²) in [6.45, 7) is 10.6. The third kappa shape index (κ3) is 4.24. The van der Waals surface area contributed by atoms with Crippen molar-refractivity contribution in [1.82, 2.24) is 9.88 Å². The third-order valence-corrected chi connectivity index (χ3v) is 3.91. The Morgan fingerprint density at radius 3 is 2.59 bits per heavy atom. The number of hydrogen-bond acceptors (Lipinski definition) is 4. The Hall–Kier alpha value is -1.52. The van der Waals surface area contributed by atoms with E-state index in [2.05, 4.69) is 36.0 Å². The van der Waals surface area contributed by atoms with Crippen molar-refractivity contribution in [2.45, 2.75) is 20.8 Å². The second kappa shape index (κ2) is 8.81. The van der Waals surface area contributed by atoms with Crippen LogP contribution in [0.2, 0.25) is 0 Å². The first-order chi connectivity index (χ1) is 10.2. The molecule has 4 nitrogen and oxygen atoms in total. The van der Waals surface area contributed by atoms with Gasteiger partial charge in [-0.15, -0.1) is 12.4 Å². The number of halogens is 1. The summed E-state index contributed by atoms with van der Waals surface area (Å²) < 4.78 is 5.41. The highest BCUT2D eigenvalue weighted by molar-refractivity contribution is 5.93. The minimum atomic E-state index is 0. The maximum atomic E-state index is 5.41. The van der Waals surface area contributed by atoms with Crippen molar-refractivity contribution in [3.8, 4) is 5.75 Å². The van der Waals surface area contributed by atoms with Crippen LogP contribution < -0.4 is 10.1 Å². The number of nitrogens with one attached hydrogen (secondary N) is 1. The van der Waals surface area contributed by atoms with Crippen LogP contribution in [0, 0.1) is 6.92 Å². The summed E-state index contributed by atoms with van der Waals surface area (Å²) in [5.74, 6) is 0.865. The second-order valence-electron chi connectivity index (χ2n) is 5.15. The average molecular weight is 324 g/mol. The Bertz CT molecular complexity index is 600. The average Bonchev–Trinajstić information content (AvgIpc) is 2.52. The minimum Gasteiger partial charge on any atom is -0.497 e. The van der Waals surface area contributed by atoms with Crippen molar-refractivity contribution < 1.29 is 4.74 Å². The van der Waals surface area contributed by atoms with Crippen LogP contribution >= 0.6 is 12.4 Å². The highest BCUT2D eigenvalue weighted by Crippen LogP contribution is 2.29. The Morgan fingerprint density at radius 1 is 1.23 bits per heavy atom. The zero-order chi connectivity index (χ0) is 15.2. The Balaban J connectivity index is 0.00000242. The van der Waals surface area contributed by atoms with Crippen LogP contribution in [0.3, 0.4) is 0 Å². The quantitative estimate of drug-likeness (QED) is 0.842. The summed E-state index contributed by atoms with van der Waals surface area (Å²) in [6, 6.07) is 6.10. The van der Waals surface area contributed by atoms with Gasteiger partial charge in [-0.25, -0.2) is 0 Å². The van der Waals surface area contributed by atoms with Crippen molar-refractivity contribution >= 4 is 29.0 Å². The lowest BCUT2D eigenvalue weighted by molar-refractivity contribution is 0.316. The van der Waals surface area contributed by atoms with E-state index in [0.717, 1.165) is 48.5 Å². The van der Waals surface area contributed by atoms with E-state index in [-0.39, 0.29) is 12.4 Å². The second-order valence-corrected chi connectivity index (χ2v) is 5.15. The summed E-state index contributed by atoms with van der Waals surface area (Å²) in [5.41, 5.74) is 3.27. The summed E-state index contributed by atoms with van der Waals surface area (Å²) in [5, 5.41) is 4.65. The zero-order valence-electron chi connectivity index (χ0n) is 13.8. The fourth-order valence-corrected chi connectivity index (χ4v) is 2.50. The summed E-state index contributed by atoms with van der Waals surface area (Å²) in [4.78, 5) is 6.92. The van der Waals surface area contributed by atoms with Gasteiger partial charge in [0.1, 0.15) is 5.75 Å². The predicted molar refractivity (Wildman–Crippen MR) is 96.6 cm³/mol. The van der Waals surface area contributed by atoms with E-state index < -0.39 is 0 Å². The SMILES string of the molecule is CCN(CC)CCNc1cc(OC)cc2c(C)ccnc12.Cl. The van der Waals surface area contributed by atoms with Gasteiger partial charge in [-0.3, -0.25) is 4.98 Å². The van der Waals surface area contributed by atoms with Gasteiger partial charge < -0.3 is 15.0 Å². The van der Waals surface area contributed by atoms with Gasteiger partial charge in [0.05, 0.1) is 18.3 Å². The van der Waals surface area contributed by atoms with E-state index in [1.807, 2.05) is 24.4 Å². The van der Waals surface area contributed by atoms with Gasteiger partial charge in [0, 0.05) is 30.7 Å². The number of pyridine rings is 1. The summed E-state index contributed by atoms with van der Waals surface area (Å²) in [7, 11) is 1.70. The molecular weight excluding hydrogens is 298 g/mol. The first-order valence-corrected chi connectivity index (χ1v) is 7.59. The largest absolute Gasteiger partial charge is 0.497 e. The van der Waals surface area contributed by atoms with Crippen LogP contribution in [0.1, 0.15) is 19.4 Å². The van der Waals surface area contributed by atoms with E-state index >= 15 is 0 Å². The van der Waals surface area contributed by atoms with E-state index in [4.69, 9.17) is 4.74 Å². The van der Waals surface area contributed by atoms with Gasteiger partial charge in [0.15, 0.2) is 0 Å². The molecule has 0 saturated heterocycles. The molecule has 0 bridgehead atoms. The molecule has 0 aliphatic heterocycles. The molecule has 1 heterocycles. The molecule has 0 spiro atoms. The molecule has 0 fully saturated rings. The molecule has 0 amide bonds. The fraction of sp³-hybridized carbons (Fsp3) is 0.471. The number of anilines is 1. The monoisotopic (exact) mass is 323 g/mol. The van der Waals surface area contributed by atoms with Crippen molar-refractivity contribution in [3.63, 3.8) is 0 Å². The number of ether oxygens (including phenoxy) is 1. The number of hydrogen-bond donors (Lipinski definition) is 1. The maximum absolute atomic E-state index is 5.41. The number of likely N-dealkylation sites (N-methyl/N-ethyl adjacent to an activating group) is 1. The molecular formula is C17H26ClN3O. The summed E-state index contributed by atoms with van der Waals surface area (Å²) >= 11 is 0. The predicted octanol–water partition coefficient (Wildman–Crippen LogP) is 3.73. The number of benzene rings is 1. The molecule has 22 heavy (non-hydrogen) atoms. The molecule has 0 radical (unpaired) electrons. The molecule has 2 rings (SSSR count). The first-order valence-electron chi connectivity index (χ1n) is 7.59. The summed E-state index contributed by atoms with van der Waals surface area (Å²) in [6.07, 6.45) is 1.86. The van der Waals surface area contributed by atoms with Crippen molar-refractivity contribution in [3.05, 3.63) is 30.0 Å². The molecule has 5 heteroatoms. The molecule has 1 N–H and O–H groups in total. The van der Waals surface area contributed by atoms with Crippen molar-refractivity contribution in [2.24, 2.45) is 0 Å². The molecule has 122 valence electrons.